The molecule has 1 heterocycles. The smallest absolute Gasteiger partial charge is 0.246 e. The molecule has 0 aromatic heterocycles. The summed E-state index contributed by atoms with van der Waals surface area (Å²) >= 11 is 0. The van der Waals surface area contributed by atoms with Crippen molar-refractivity contribution in [1.82, 2.24) is 4.90 Å². The molecule has 0 bridgehead atoms. The molecular formula is C29H33N5O4. The second kappa shape index (κ2) is 12.7. The minimum atomic E-state index is -0.426. The third-order valence-corrected chi connectivity index (χ3v) is 6.37. The highest BCUT2D eigenvalue weighted by Crippen LogP contribution is 2.27. The van der Waals surface area contributed by atoms with Crippen molar-refractivity contribution in [3.63, 3.8) is 0 Å². The zero-order chi connectivity index (χ0) is 26.9. The lowest BCUT2D eigenvalue weighted by Gasteiger charge is -2.29. The Bertz CT molecular complexity index is 1260. The van der Waals surface area contributed by atoms with Gasteiger partial charge >= 0.3 is 0 Å². The second-order valence-corrected chi connectivity index (χ2v) is 9.18. The number of hydrogen-bond donors (Lipinski definition) is 3. The van der Waals surface area contributed by atoms with Gasteiger partial charge < -0.3 is 20.7 Å². The summed E-state index contributed by atoms with van der Waals surface area (Å²) in [5, 5.41) is 14.1. The van der Waals surface area contributed by atoms with Crippen LogP contribution in [0.2, 0.25) is 0 Å². The van der Waals surface area contributed by atoms with Gasteiger partial charge in [-0.1, -0.05) is 48.5 Å². The number of carbonyl (C=O) groups is 2. The van der Waals surface area contributed by atoms with Crippen molar-refractivity contribution in [1.29, 1.82) is 0 Å². The van der Waals surface area contributed by atoms with E-state index in [1.165, 1.54) is 0 Å². The SMILES string of the molecule is CC(=O)N1CCC(N=C(N)c2ccc(OCc3ccccc3)c(NC(=O)CN(O)c3ccccc3)c2)CC1. The van der Waals surface area contributed by atoms with Gasteiger partial charge in [0.05, 0.1) is 17.4 Å². The first-order valence-electron chi connectivity index (χ1n) is 12.6. The van der Waals surface area contributed by atoms with E-state index in [1.807, 2.05) is 47.4 Å². The molecule has 0 saturated carbocycles. The Morgan fingerprint density at radius 3 is 2.37 bits per heavy atom. The number of rotatable bonds is 9. The number of nitrogens with one attached hydrogen (secondary N) is 1. The van der Waals surface area contributed by atoms with Gasteiger partial charge in [-0.25, -0.2) is 5.06 Å². The highest BCUT2D eigenvalue weighted by Gasteiger charge is 2.21. The molecule has 0 atom stereocenters. The number of hydroxylamine groups is 1. The Kier molecular flexibility index (Phi) is 8.94. The van der Waals surface area contributed by atoms with Crippen LogP contribution in [0.3, 0.4) is 0 Å². The van der Waals surface area contributed by atoms with E-state index in [-0.39, 0.29) is 18.5 Å². The molecule has 4 rings (SSSR count). The number of likely N-dealkylation sites (tertiary alicyclic amines) is 1. The number of ether oxygens (including phenoxy) is 1. The van der Waals surface area contributed by atoms with Gasteiger partial charge in [0.2, 0.25) is 11.8 Å². The van der Waals surface area contributed by atoms with Crippen LogP contribution in [0.25, 0.3) is 0 Å². The Hall–Kier alpha value is -4.37. The summed E-state index contributed by atoms with van der Waals surface area (Å²) in [6.45, 7) is 2.93. The van der Waals surface area contributed by atoms with Crippen LogP contribution in [-0.4, -0.2) is 53.4 Å². The van der Waals surface area contributed by atoms with Crippen molar-refractivity contribution in [3.05, 3.63) is 90.0 Å². The van der Waals surface area contributed by atoms with Gasteiger partial charge in [-0.3, -0.25) is 19.8 Å². The number of benzene rings is 3. The molecule has 0 unspecified atom stereocenters. The average molecular weight is 516 g/mol. The lowest BCUT2D eigenvalue weighted by molar-refractivity contribution is -0.129. The number of nitrogens with zero attached hydrogens (tertiary/aromatic N) is 3. The van der Waals surface area contributed by atoms with Crippen molar-refractivity contribution >= 4 is 29.0 Å². The van der Waals surface area contributed by atoms with Crippen LogP contribution in [0.1, 0.15) is 30.9 Å². The maximum Gasteiger partial charge on any atom is 0.246 e. The molecule has 1 aliphatic heterocycles. The van der Waals surface area contributed by atoms with E-state index in [0.717, 1.165) is 23.5 Å². The van der Waals surface area contributed by atoms with Crippen molar-refractivity contribution in [2.45, 2.75) is 32.4 Å². The van der Waals surface area contributed by atoms with E-state index in [4.69, 9.17) is 10.5 Å². The fourth-order valence-electron chi connectivity index (χ4n) is 4.25. The number of nitrogens with two attached hydrogens (primary N) is 1. The summed E-state index contributed by atoms with van der Waals surface area (Å²) < 4.78 is 6.02. The van der Waals surface area contributed by atoms with Crippen molar-refractivity contribution < 1.29 is 19.5 Å². The molecular weight excluding hydrogens is 482 g/mol. The van der Waals surface area contributed by atoms with E-state index < -0.39 is 5.91 Å². The van der Waals surface area contributed by atoms with Crippen molar-refractivity contribution in [2.24, 2.45) is 10.7 Å². The maximum atomic E-state index is 12.8. The van der Waals surface area contributed by atoms with Gasteiger partial charge in [-0.2, -0.15) is 0 Å². The molecule has 198 valence electrons. The predicted octanol–water partition coefficient (Wildman–Crippen LogP) is 3.82. The predicted molar refractivity (Wildman–Crippen MR) is 147 cm³/mol. The Balaban J connectivity index is 1.50. The van der Waals surface area contributed by atoms with E-state index in [1.54, 1.807) is 43.3 Å². The van der Waals surface area contributed by atoms with E-state index >= 15 is 0 Å². The van der Waals surface area contributed by atoms with Gasteiger partial charge in [-0.15, -0.1) is 0 Å². The highest BCUT2D eigenvalue weighted by molar-refractivity contribution is 6.01. The minimum Gasteiger partial charge on any atom is -0.487 e. The number of aliphatic imine (C=N–C) groups is 1. The van der Waals surface area contributed by atoms with E-state index in [2.05, 4.69) is 10.3 Å². The standard InChI is InChI=1S/C29H33N5O4/c1-21(35)33-16-14-24(15-17-33)31-29(30)23-12-13-27(38-20-22-8-4-2-5-9-22)26(18-23)32-28(36)19-34(37)25-10-6-3-7-11-25/h2-13,18,24,37H,14-17,19-20H2,1H3,(H2,30,31)(H,32,36). The van der Waals surface area contributed by atoms with Gasteiger partial charge in [0, 0.05) is 25.6 Å². The quantitative estimate of drug-likeness (QED) is 0.226. The largest absolute Gasteiger partial charge is 0.487 e. The molecule has 1 saturated heterocycles. The van der Waals surface area contributed by atoms with E-state index in [9.17, 15) is 14.8 Å². The number of carbonyl (C=O) groups excluding carboxylic acids is 2. The first-order chi connectivity index (χ1) is 18.4. The summed E-state index contributed by atoms with van der Waals surface area (Å²) in [7, 11) is 0. The summed E-state index contributed by atoms with van der Waals surface area (Å²) in [5.41, 5.74) is 8.92. The average Bonchev–Trinajstić information content (AvgIpc) is 2.93. The molecule has 3 aromatic carbocycles. The normalized spacial score (nSPS) is 14.2. The monoisotopic (exact) mass is 515 g/mol. The van der Waals surface area contributed by atoms with Crippen LogP contribution in [0.5, 0.6) is 5.75 Å². The van der Waals surface area contributed by atoms with Crippen LogP contribution in [0.4, 0.5) is 11.4 Å². The van der Waals surface area contributed by atoms with Crippen LogP contribution in [-0.2, 0) is 16.2 Å². The number of amides is 2. The second-order valence-electron chi connectivity index (χ2n) is 9.18. The van der Waals surface area contributed by atoms with E-state index in [0.29, 0.717) is 48.2 Å². The molecule has 1 aliphatic rings. The van der Waals surface area contributed by atoms with Gasteiger partial charge in [0.15, 0.2) is 0 Å². The first-order valence-corrected chi connectivity index (χ1v) is 12.6. The van der Waals surface area contributed by atoms with Crippen molar-refractivity contribution in [3.8, 4) is 5.75 Å². The lowest BCUT2D eigenvalue weighted by Crippen LogP contribution is -2.38. The number of hydrogen-bond acceptors (Lipinski definition) is 6. The van der Waals surface area contributed by atoms with Crippen LogP contribution >= 0.6 is 0 Å². The maximum absolute atomic E-state index is 12.8. The molecule has 4 N–H and O–H groups in total. The molecule has 0 spiro atoms. The topological polar surface area (TPSA) is 120 Å². The Morgan fingerprint density at radius 2 is 1.71 bits per heavy atom. The van der Waals surface area contributed by atoms with Gasteiger partial charge in [0.1, 0.15) is 24.7 Å². The molecule has 2 amide bonds. The van der Waals surface area contributed by atoms with Crippen LogP contribution < -0.4 is 20.9 Å². The number of piperidine rings is 1. The number of anilines is 2. The van der Waals surface area contributed by atoms with Crippen LogP contribution in [0.15, 0.2) is 83.9 Å². The molecule has 3 aromatic rings. The minimum absolute atomic E-state index is 0.0199. The van der Waals surface area contributed by atoms with Crippen LogP contribution in [0, 0.1) is 0 Å². The summed E-state index contributed by atoms with van der Waals surface area (Å²) in [5.74, 6) is 0.466. The molecule has 9 heteroatoms. The Labute approximate surface area is 222 Å². The zero-order valence-electron chi connectivity index (χ0n) is 21.4. The number of amidine groups is 1. The summed E-state index contributed by atoms with van der Waals surface area (Å²) in [6, 6.07) is 23.8. The van der Waals surface area contributed by atoms with Gasteiger partial charge in [0.25, 0.3) is 0 Å². The van der Waals surface area contributed by atoms with Crippen molar-refractivity contribution in [2.75, 3.05) is 30.0 Å². The lowest BCUT2D eigenvalue weighted by atomic mass is 10.1. The Morgan fingerprint density at radius 1 is 1.05 bits per heavy atom. The highest BCUT2D eigenvalue weighted by atomic mass is 16.5. The summed E-state index contributed by atoms with van der Waals surface area (Å²) in [6.07, 6.45) is 1.49. The zero-order valence-corrected chi connectivity index (χ0v) is 21.4. The molecule has 38 heavy (non-hydrogen) atoms. The number of para-hydroxylation sites is 1. The molecule has 0 radical (unpaired) electrons. The molecule has 0 aliphatic carbocycles. The fraction of sp³-hybridized carbons (Fsp3) is 0.276. The molecule has 9 nitrogen and oxygen atoms in total. The third kappa shape index (κ3) is 7.33. The fourth-order valence-corrected chi connectivity index (χ4v) is 4.25. The third-order valence-electron chi connectivity index (χ3n) is 6.37. The summed E-state index contributed by atoms with van der Waals surface area (Å²) in [4.78, 5) is 30.9. The molecule has 1 fully saturated rings. The van der Waals surface area contributed by atoms with Gasteiger partial charge in [-0.05, 0) is 48.7 Å². The first kappa shape index (κ1) is 26.7.